The first-order valence-corrected chi connectivity index (χ1v) is 5.99. The molecule has 1 saturated carbocycles. The van der Waals surface area contributed by atoms with Gasteiger partial charge in [-0.05, 0) is 31.9 Å². The molecule has 2 N–H and O–H groups in total. The van der Waals surface area contributed by atoms with Gasteiger partial charge in [-0.15, -0.1) is 0 Å². The predicted octanol–water partition coefficient (Wildman–Crippen LogP) is 1.45. The molecule has 1 aliphatic carbocycles. The van der Waals surface area contributed by atoms with Gasteiger partial charge in [0.25, 0.3) is 5.91 Å². The molecule has 1 fully saturated rings. The standard InChI is InChI=1S/C13H16N2O3/c1-13(12(17)18)7-4-6-10(13)15-11(16)9-5-2-3-8-14-9/h2-3,5,8,10H,4,6-7H2,1H3,(H,15,16)(H,17,18). The van der Waals surface area contributed by atoms with E-state index >= 15 is 0 Å². The average Bonchev–Trinajstić information content (AvgIpc) is 2.73. The zero-order valence-electron chi connectivity index (χ0n) is 10.2. The van der Waals surface area contributed by atoms with Crippen molar-refractivity contribution < 1.29 is 14.7 Å². The molecule has 0 aromatic carbocycles. The van der Waals surface area contributed by atoms with Crippen LogP contribution in [0.2, 0.25) is 0 Å². The van der Waals surface area contributed by atoms with E-state index in [0.717, 1.165) is 6.42 Å². The average molecular weight is 248 g/mol. The summed E-state index contributed by atoms with van der Waals surface area (Å²) in [5.74, 6) is -1.17. The number of aliphatic carboxylic acids is 1. The molecule has 5 heteroatoms. The molecule has 0 spiro atoms. The molecule has 96 valence electrons. The highest BCUT2D eigenvalue weighted by atomic mass is 16.4. The van der Waals surface area contributed by atoms with E-state index in [4.69, 9.17) is 0 Å². The van der Waals surface area contributed by atoms with Gasteiger partial charge in [0, 0.05) is 12.2 Å². The summed E-state index contributed by atoms with van der Waals surface area (Å²) in [5, 5.41) is 12.0. The Labute approximate surface area is 105 Å². The minimum atomic E-state index is -0.871. The Morgan fingerprint density at radius 3 is 2.89 bits per heavy atom. The molecule has 1 aromatic heterocycles. The van der Waals surface area contributed by atoms with E-state index in [1.165, 1.54) is 0 Å². The molecule has 1 aromatic rings. The van der Waals surface area contributed by atoms with E-state index in [1.54, 1.807) is 31.3 Å². The topological polar surface area (TPSA) is 79.3 Å². The third kappa shape index (κ3) is 2.20. The summed E-state index contributed by atoms with van der Waals surface area (Å²) in [6.07, 6.45) is 3.65. The van der Waals surface area contributed by atoms with Crippen molar-refractivity contribution in [1.82, 2.24) is 10.3 Å². The Kier molecular flexibility index (Phi) is 3.32. The molecular formula is C13H16N2O3. The van der Waals surface area contributed by atoms with Crippen molar-refractivity contribution in [3.8, 4) is 0 Å². The van der Waals surface area contributed by atoms with Crippen molar-refractivity contribution in [3.05, 3.63) is 30.1 Å². The summed E-state index contributed by atoms with van der Waals surface area (Å²) in [4.78, 5) is 27.2. The molecular weight excluding hydrogens is 232 g/mol. The number of carbonyl (C=O) groups excluding carboxylic acids is 1. The summed E-state index contributed by atoms with van der Waals surface area (Å²) < 4.78 is 0. The van der Waals surface area contributed by atoms with Gasteiger partial charge in [0.1, 0.15) is 5.69 Å². The van der Waals surface area contributed by atoms with E-state index in [0.29, 0.717) is 18.5 Å². The molecule has 1 amide bonds. The Morgan fingerprint density at radius 1 is 1.50 bits per heavy atom. The lowest BCUT2D eigenvalue weighted by atomic mass is 9.85. The number of hydrogen-bond acceptors (Lipinski definition) is 3. The fraction of sp³-hybridized carbons (Fsp3) is 0.462. The first-order valence-electron chi connectivity index (χ1n) is 5.99. The quantitative estimate of drug-likeness (QED) is 0.848. The zero-order valence-corrected chi connectivity index (χ0v) is 10.2. The van der Waals surface area contributed by atoms with E-state index in [2.05, 4.69) is 10.3 Å². The Bertz CT molecular complexity index is 461. The predicted molar refractivity (Wildman–Crippen MR) is 65.1 cm³/mol. The van der Waals surface area contributed by atoms with Gasteiger partial charge in [-0.2, -0.15) is 0 Å². The summed E-state index contributed by atoms with van der Waals surface area (Å²) in [7, 11) is 0. The summed E-state index contributed by atoms with van der Waals surface area (Å²) >= 11 is 0. The second-order valence-corrected chi connectivity index (χ2v) is 4.86. The Morgan fingerprint density at radius 2 is 2.28 bits per heavy atom. The normalized spacial score (nSPS) is 26.8. The van der Waals surface area contributed by atoms with Crippen LogP contribution in [0.25, 0.3) is 0 Å². The third-order valence-electron chi connectivity index (χ3n) is 3.65. The maximum atomic E-state index is 11.9. The fourth-order valence-corrected chi connectivity index (χ4v) is 2.38. The highest BCUT2D eigenvalue weighted by Crippen LogP contribution is 2.38. The van der Waals surface area contributed by atoms with Gasteiger partial charge in [-0.1, -0.05) is 12.5 Å². The van der Waals surface area contributed by atoms with Crippen LogP contribution in [-0.2, 0) is 4.79 Å². The minimum absolute atomic E-state index is 0.310. The molecule has 5 nitrogen and oxygen atoms in total. The number of carboxylic acid groups (broad SMARTS) is 1. The van der Waals surface area contributed by atoms with Gasteiger partial charge in [-0.3, -0.25) is 14.6 Å². The van der Waals surface area contributed by atoms with Crippen LogP contribution in [0.15, 0.2) is 24.4 Å². The molecule has 18 heavy (non-hydrogen) atoms. The number of carboxylic acids is 1. The number of hydrogen-bond donors (Lipinski definition) is 2. The number of nitrogens with zero attached hydrogens (tertiary/aromatic N) is 1. The SMILES string of the molecule is CC1(C(=O)O)CCCC1NC(=O)c1ccccn1. The van der Waals surface area contributed by atoms with Gasteiger partial charge >= 0.3 is 5.97 Å². The Balaban J connectivity index is 2.10. The molecule has 0 radical (unpaired) electrons. The van der Waals surface area contributed by atoms with Crippen LogP contribution in [0.4, 0.5) is 0 Å². The number of pyridine rings is 1. The molecule has 0 aliphatic heterocycles. The van der Waals surface area contributed by atoms with Gasteiger partial charge in [0.05, 0.1) is 5.41 Å². The van der Waals surface area contributed by atoms with Crippen molar-refractivity contribution >= 4 is 11.9 Å². The van der Waals surface area contributed by atoms with Crippen LogP contribution in [0.1, 0.15) is 36.7 Å². The number of aromatic nitrogens is 1. The van der Waals surface area contributed by atoms with Crippen molar-refractivity contribution in [3.63, 3.8) is 0 Å². The van der Waals surface area contributed by atoms with Crippen molar-refractivity contribution in [2.45, 2.75) is 32.2 Å². The van der Waals surface area contributed by atoms with E-state index in [-0.39, 0.29) is 11.9 Å². The van der Waals surface area contributed by atoms with Crippen LogP contribution in [0.5, 0.6) is 0 Å². The lowest BCUT2D eigenvalue weighted by Gasteiger charge is -2.27. The second kappa shape index (κ2) is 4.76. The van der Waals surface area contributed by atoms with E-state index < -0.39 is 11.4 Å². The van der Waals surface area contributed by atoms with Gasteiger partial charge in [0.2, 0.25) is 0 Å². The zero-order chi connectivity index (χ0) is 13.2. The first kappa shape index (κ1) is 12.5. The molecule has 2 rings (SSSR count). The highest BCUT2D eigenvalue weighted by Gasteiger charge is 2.45. The number of carbonyl (C=O) groups is 2. The summed E-state index contributed by atoms with van der Waals surface area (Å²) in [6.45, 7) is 1.69. The monoisotopic (exact) mass is 248 g/mol. The van der Waals surface area contributed by atoms with Gasteiger partial charge in [0.15, 0.2) is 0 Å². The van der Waals surface area contributed by atoms with Crippen molar-refractivity contribution in [2.75, 3.05) is 0 Å². The lowest BCUT2D eigenvalue weighted by Crippen LogP contribution is -2.47. The maximum absolute atomic E-state index is 11.9. The highest BCUT2D eigenvalue weighted by molar-refractivity contribution is 5.93. The van der Waals surface area contributed by atoms with Crippen LogP contribution < -0.4 is 5.32 Å². The summed E-state index contributed by atoms with van der Waals surface area (Å²) in [5.41, 5.74) is -0.554. The van der Waals surface area contributed by atoms with Crippen LogP contribution in [0, 0.1) is 5.41 Å². The van der Waals surface area contributed by atoms with E-state index in [9.17, 15) is 14.7 Å². The number of nitrogens with one attached hydrogen (secondary N) is 1. The van der Waals surface area contributed by atoms with Crippen molar-refractivity contribution in [2.24, 2.45) is 5.41 Å². The Hall–Kier alpha value is -1.91. The molecule has 0 saturated heterocycles. The largest absolute Gasteiger partial charge is 0.481 e. The van der Waals surface area contributed by atoms with Gasteiger partial charge < -0.3 is 10.4 Å². The molecule has 1 aliphatic rings. The molecule has 0 bridgehead atoms. The summed E-state index contributed by atoms with van der Waals surface area (Å²) in [6, 6.07) is 4.74. The van der Waals surface area contributed by atoms with Gasteiger partial charge in [-0.25, -0.2) is 0 Å². The van der Waals surface area contributed by atoms with Crippen LogP contribution in [-0.4, -0.2) is 28.0 Å². The lowest BCUT2D eigenvalue weighted by molar-refractivity contribution is -0.148. The smallest absolute Gasteiger partial charge is 0.311 e. The van der Waals surface area contributed by atoms with Crippen molar-refractivity contribution in [1.29, 1.82) is 0 Å². The molecule has 2 atom stereocenters. The maximum Gasteiger partial charge on any atom is 0.311 e. The fourth-order valence-electron chi connectivity index (χ4n) is 2.38. The van der Waals surface area contributed by atoms with Crippen LogP contribution >= 0.6 is 0 Å². The second-order valence-electron chi connectivity index (χ2n) is 4.86. The first-order chi connectivity index (χ1) is 8.54. The minimum Gasteiger partial charge on any atom is -0.481 e. The number of rotatable bonds is 3. The number of amides is 1. The van der Waals surface area contributed by atoms with Crippen LogP contribution in [0.3, 0.4) is 0 Å². The third-order valence-corrected chi connectivity index (χ3v) is 3.65. The van der Waals surface area contributed by atoms with E-state index in [1.807, 2.05) is 0 Å². The molecule has 1 heterocycles. The molecule has 2 unspecified atom stereocenters.